The van der Waals surface area contributed by atoms with Gasteiger partial charge in [0.1, 0.15) is 0 Å². The fourth-order valence-electron chi connectivity index (χ4n) is 1.42. The molecule has 1 amide bonds. The average molecular weight is 199 g/mol. The van der Waals surface area contributed by atoms with E-state index in [1.165, 1.54) is 0 Å². The molecule has 0 aliphatic carbocycles. The largest absolute Gasteiger partial charge is 0.350 e. The number of hydrogen-bond acceptors (Lipinski definition) is 3. The average Bonchev–Trinajstić information content (AvgIpc) is 2.02. The van der Waals surface area contributed by atoms with Gasteiger partial charge in [-0.3, -0.25) is 4.79 Å². The highest BCUT2D eigenvalue weighted by Gasteiger charge is 2.25. The van der Waals surface area contributed by atoms with Gasteiger partial charge in [-0.15, -0.1) is 0 Å². The van der Waals surface area contributed by atoms with Crippen molar-refractivity contribution in [2.75, 3.05) is 13.1 Å². The molecule has 2 atom stereocenters. The maximum atomic E-state index is 11.7. The minimum Gasteiger partial charge on any atom is -0.350 e. The molecule has 0 saturated carbocycles. The van der Waals surface area contributed by atoms with Crippen LogP contribution < -0.4 is 16.0 Å². The molecule has 0 bridgehead atoms. The molecule has 1 rings (SSSR count). The van der Waals surface area contributed by atoms with Gasteiger partial charge in [0.25, 0.3) is 0 Å². The highest BCUT2D eigenvalue weighted by Crippen LogP contribution is 2.01. The molecule has 1 saturated heterocycles. The molecule has 0 aromatic carbocycles. The molecule has 1 fully saturated rings. The Hall–Kier alpha value is -0.610. The second-order valence-electron chi connectivity index (χ2n) is 5.01. The third-order valence-corrected chi connectivity index (χ3v) is 2.16. The van der Waals surface area contributed by atoms with E-state index >= 15 is 0 Å². The minimum atomic E-state index is -0.151. The normalized spacial score (nSPS) is 28.6. The van der Waals surface area contributed by atoms with Crippen molar-refractivity contribution in [1.82, 2.24) is 16.0 Å². The summed E-state index contributed by atoms with van der Waals surface area (Å²) in [5, 5.41) is 9.45. The van der Waals surface area contributed by atoms with Crippen molar-refractivity contribution in [2.24, 2.45) is 0 Å². The summed E-state index contributed by atoms with van der Waals surface area (Å²) in [6.07, 6.45) is 0. The summed E-state index contributed by atoms with van der Waals surface area (Å²) in [6, 6.07) is 0.360. The summed E-state index contributed by atoms with van der Waals surface area (Å²) in [7, 11) is 0. The molecule has 0 radical (unpaired) electrons. The molecular weight excluding hydrogens is 178 g/mol. The molecule has 0 aromatic rings. The van der Waals surface area contributed by atoms with E-state index in [0.717, 1.165) is 6.54 Å². The summed E-state index contributed by atoms with van der Waals surface area (Å²) < 4.78 is 0. The standard InChI is InChI=1S/C10H21N3O/c1-7-5-12-8(6-11-7)9(14)13-10(2,3)4/h7-8,11-12H,5-6H2,1-4H3,(H,13,14). The van der Waals surface area contributed by atoms with Gasteiger partial charge in [0.15, 0.2) is 0 Å². The predicted molar refractivity (Wildman–Crippen MR) is 57.2 cm³/mol. The van der Waals surface area contributed by atoms with Crippen LogP contribution in [0.15, 0.2) is 0 Å². The van der Waals surface area contributed by atoms with Crippen LogP contribution in [-0.4, -0.2) is 36.6 Å². The van der Waals surface area contributed by atoms with Crippen molar-refractivity contribution in [2.45, 2.75) is 45.3 Å². The third kappa shape index (κ3) is 3.64. The SMILES string of the molecule is CC1CNC(C(=O)NC(C)(C)C)CN1. The van der Waals surface area contributed by atoms with Crippen LogP contribution in [0.25, 0.3) is 0 Å². The Balaban J connectivity index is 2.38. The van der Waals surface area contributed by atoms with Crippen LogP contribution in [0.1, 0.15) is 27.7 Å². The van der Waals surface area contributed by atoms with Gasteiger partial charge in [0, 0.05) is 24.7 Å². The molecular formula is C10H21N3O. The lowest BCUT2D eigenvalue weighted by atomic mass is 10.1. The van der Waals surface area contributed by atoms with E-state index in [9.17, 15) is 4.79 Å². The van der Waals surface area contributed by atoms with E-state index in [4.69, 9.17) is 0 Å². The van der Waals surface area contributed by atoms with Gasteiger partial charge in [-0.2, -0.15) is 0 Å². The zero-order chi connectivity index (χ0) is 10.8. The number of rotatable bonds is 1. The molecule has 14 heavy (non-hydrogen) atoms. The summed E-state index contributed by atoms with van der Waals surface area (Å²) in [5.74, 6) is 0.0805. The van der Waals surface area contributed by atoms with Crippen LogP contribution in [-0.2, 0) is 4.79 Å². The molecule has 4 nitrogen and oxygen atoms in total. The second-order valence-corrected chi connectivity index (χ2v) is 5.01. The third-order valence-electron chi connectivity index (χ3n) is 2.16. The summed E-state index contributed by atoms with van der Waals surface area (Å²) in [4.78, 5) is 11.7. The first kappa shape index (κ1) is 11.5. The molecule has 4 heteroatoms. The lowest BCUT2D eigenvalue weighted by Crippen LogP contribution is -2.60. The van der Waals surface area contributed by atoms with Gasteiger partial charge in [-0.05, 0) is 27.7 Å². The fraction of sp³-hybridized carbons (Fsp3) is 0.900. The van der Waals surface area contributed by atoms with Crippen LogP contribution >= 0.6 is 0 Å². The summed E-state index contributed by atoms with van der Waals surface area (Å²) in [6.45, 7) is 9.63. The molecule has 0 aromatic heterocycles. The first-order valence-corrected chi connectivity index (χ1v) is 5.17. The topological polar surface area (TPSA) is 53.2 Å². The number of nitrogens with one attached hydrogen (secondary N) is 3. The molecule has 1 aliphatic rings. The van der Waals surface area contributed by atoms with Crippen LogP contribution in [0.3, 0.4) is 0 Å². The minimum absolute atomic E-state index is 0.0805. The van der Waals surface area contributed by atoms with Crippen molar-refractivity contribution in [3.05, 3.63) is 0 Å². The number of piperazine rings is 1. The molecule has 2 unspecified atom stereocenters. The highest BCUT2D eigenvalue weighted by molar-refractivity contribution is 5.82. The Kier molecular flexibility index (Phi) is 3.50. The Bertz CT molecular complexity index is 202. The van der Waals surface area contributed by atoms with Crippen LogP contribution in [0.4, 0.5) is 0 Å². The summed E-state index contributed by atoms with van der Waals surface area (Å²) in [5.41, 5.74) is -0.151. The van der Waals surface area contributed by atoms with Crippen molar-refractivity contribution in [1.29, 1.82) is 0 Å². The van der Waals surface area contributed by atoms with E-state index in [2.05, 4.69) is 22.9 Å². The number of carbonyl (C=O) groups excluding carboxylic acids is 1. The maximum Gasteiger partial charge on any atom is 0.238 e. The van der Waals surface area contributed by atoms with Crippen molar-refractivity contribution < 1.29 is 4.79 Å². The second kappa shape index (κ2) is 4.28. The zero-order valence-corrected chi connectivity index (χ0v) is 9.48. The van der Waals surface area contributed by atoms with E-state index in [0.29, 0.717) is 12.6 Å². The Labute approximate surface area is 85.8 Å². The highest BCUT2D eigenvalue weighted by atomic mass is 16.2. The predicted octanol–water partition coefficient (Wildman–Crippen LogP) is -0.149. The quantitative estimate of drug-likeness (QED) is 0.550. The first-order chi connectivity index (χ1) is 6.38. The fourth-order valence-corrected chi connectivity index (χ4v) is 1.42. The number of hydrogen-bond donors (Lipinski definition) is 3. The monoisotopic (exact) mass is 199 g/mol. The van der Waals surface area contributed by atoms with Crippen LogP contribution in [0.5, 0.6) is 0 Å². The van der Waals surface area contributed by atoms with Gasteiger partial charge >= 0.3 is 0 Å². The van der Waals surface area contributed by atoms with E-state index < -0.39 is 0 Å². The van der Waals surface area contributed by atoms with Crippen molar-refractivity contribution in [3.8, 4) is 0 Å². The first-order valence-electron chi connectivity index (χ1n) is 5.17. The molecule has 0 spiro atoms. The molecule has 82 valence electrons. The molecule has 1 aliphatic heterocycles. The lowest BCUT2D eigenvalue weighted by Gasteiger charge is -2.31. The van der Waals surface area contributed by atoms with E-state index in [1.807, 2.05) is 20.8 Å². The van der Waals surface area contributed by atoms with Gasteiger partial charge in [-0.25, -0.2) is 0 Å². The molecule has 1 heterocycles. The number of amides is 1. The zero-order valence-electron chi connectivity index (χ0n) is 9.48. The Morgan fingerprint density at radius 1 is 1.29 bits per heavy atom. The summed E-state index contributed by atoms with van der Waals surface area (Å²) >= 11 is 0. The van der Waals surface area contributed by atoms with E-state index in [-0.39, 0.29) is 17.5 Å². The van der Waals surface area contributed by atoms with E-state index in [1.54, 1.807) is 0 Å². The number of carbonyl (C=O) groups is 1. The van der Waals surface area contributed by atoms with Crippen LogP contribution in [0.2, 0.25) is 0 Å². The van der Waals surface area contributed by atoms with Crippen molar-refractivity contribution in [3.63, 3.8) is 0 Å². The molecule has 3 N–H and O–H groups in total. The Morgan fingerprint density at radius 2 is 1.93 bits per heavy atom. The smallest absolute Gasteiger partial charge is 0.238 e. The maximum absolute atomic E-state index is 11.7. The van der Waals surface area contributed by atoms with Crippen molar-refractivity contribution >= 4 is 5.91 Å². The lowest BCUT2D eigenvalue weighted by molar-refractivity contribution is -0.124. The van der Waals surface area contributed by atoms with Gasteiger partial charge in [0.05, 0.1) is 6.04 Å². The van der Waals surface area contributed by atoms with Gasteiger partial charge in [-0.1, -0.05) is 0 Å². The van der Waals surface area contributed by atoms with Crippen LogP contribution in [0, 0.1) is 0 Å². The van der Waals surface area contributed by atoms with Gasteiger partial charge < -0.3 is 16.0 Å². The Morgan fingerprint density at radius 3 is 2.36 bits per heavy atom. The van der Waals surface area contributed by atoms with Gasteiger partial charge in [0.2, 0.25) is 5.91 Å².